The van der Waals surface area contributed by atoms with E-state index in [-0.39, 0.29) is 24.3 Å². The number of tetrazole rings is 1. The molecule has 0 spiro atoms. The van der Waals surface area contributed by atoms with Crippen LogP contribution >= 0.6 is 11.3 Å². The first kappa shape index (κ1) is 13.4. The Morgan fingerprint density at radius 3 is 3.00 bits per heavy atom. The third kappa shape index (κ3) is 3.47. The number of nitrogen functional groups attached to an aromatic ring is 1. The lowest BCUT2D eigenvalue weighted by Gasteiger charge is -2.10. The Balaban J connectivity index is 1.82. The lowest BCUT2D eigenvalue weighted by Crippen LogP contribution is -2.31. The monoisotopic (exact) mass is 281 g/mol. The van der Waals surface area contributed by atoms with Crippen LogP contribution in [0.25, 0.3) is 0 Å². The van der Waals surface area contributed by atoms with Gasteiger partial charge in [0, 0.05) is 23.5 Å². The van der Waals surface area contributed by atoms with Crippen molar-refractivity contribution in [2.75, 3.05) is 12.3 Å². The topological polar surface area (TPSA) is 112 Å². The van der Waals surface area contributed by atoms with Crippen molar-refractivity contribution in [2.45, 2.75) is 26.3 Å². The molecule has 19 heavy (non-hydrogen) atoms. The summed E-state index contributed by atoms with van der Waals surface area (Å²) >= 11 is 1.60. The molecule has 1 unspecified atom stereocenters. The highest BCUT2D eigenvalue weighted by molar-refractivity contribution is 7.09. The molecular weight excluding hydrogens is 266 g/mol. The highest BCUT2D eigenvalue weighted by atomic mass is 32.1. The smallest absolute Gasteiger partial charge is 0.241 e. The molecule has 8 nitrogen and oxygen atoms in total. The third-order valence-electron chi connectivity index (χ3n) is 2.52. The predicted molar refractivity (Wildman–Crippen MR) is 70.5 cm³/mol. The van der Waals surface area contributed by atoms with E-state index in [1.54, 1.807) is 11.3 Å². The minimum Gasteiger partial charge on any atom is -0.367 e. The van der Waals surface area contributed by atoms with Gasteiger partial charge in [0.1, 0.15) is 6.54 Å². The van der Waals surface area contributed by atoms with E-state index in [2.05, 4.69) is 25.8 Å². The molecular formula is C10H15N7OS. The van der Waals surface area contributed by atoms with Crippen LogP contribution in [0.2, 0.25) is 0 Å². The molecule has 0 aliphatic carbocycles. The van der Waals surface area contributed by atoms with Gasteiger partial charge in [-0.05, 0) is 17.4 Å². The van der Waals surface area contributed by atoms with Gasteiger partial charge in [-0.3, -0.25) is 4.79 Å². The average molecular weight is 281 g/mol. The Kier molecular flexibility index (Phi) is 4.05. The van der Waals surface area contributed by atoms with Crippen molar-refractivity contribution in [3.8, 4) is 0 Å². The quantitative estimate of drug-likeness (QED) is 0.794. The minimum absolute atomic E-state index is 0.0163. The molecule has 9 heteroatoms. The van der Waals surface area contributed by atoms with Crippen molar-refractivity contribution in [1.29, 1.82) is 0 Å². The maximum Gasteiger partial charge on any atom is 0.241 e. The van der Waals surface area contributed by atoms with Gasteiger partial charge in [0.05, 0.1) is 5.01 Å². The van der Waals surface area contributed by atoms with Crippen molar-refractivity contribution in [1.82, 2.24) is 30.5 Å². The Morgan fingerprint density at radius 1 is 1.63 bits per heavy atom. The number of hydrogen-bond donors (Lipinski definition) is 2. The summed E-state index contributed by atoms with van der Waals surface area (Å²) in [5.41, 5.74) is 6.48. The molecule has 0 aliphatic heterocycles. The Labute approximate surface area is 114 Å². The van der Waals surface area contributed by atoms with Gasteiger partial charge in [-0.25, -0.2) is 9.67 Å². The number of hydrogen-bond acceptors (Lipinski definition) is 7. The SMILES string of the molecule is Cc1csc(C(C)CNC(=O)Cn2nnnc2N)n1. The van der Waals surface area contributed by atoms with Crippen LogP contribution < -0.4 is 11.1 Å². The van der Waals surface area contributed by atoms with Gasteiger partial charge in [0.15, 0.2) is 0 Å². The van der Waals surface area contributed by atoms with Gasteiger partial charge < -0.3 is 11.1 Å². The molecule has 0 aliphatic rings. The van der Waals surface area contributed by atoms with E-state index in [1.165, 1.54) is 4.68 Å². The van der Waals surface area contributed by atoms with Crippen molar-refractivity contribution in [3.05, 3.63) is 16.1 Å². The second-order valence-corrected chi connectivity index (χ2v) is 5.12. The van der Waals surface area contributed by atoms with E-state index in [0.29, 0.717) is 6.54 Å². The van der Waals surface area contributed by atoms with Gasteiger partial charge >= 0.3 is 0 Å². The zero-order valence-electron chi connectivity index (χ0n) is 10.7. The van der Waals surface area contributed by atoms with E-state index >= 15 is 0 Å². The largest absolute Gasteiger partial charge is 0.367 e. The first-order chi connectivity index (χ1) is 9.06. The van der Waals surface area contributed by atoms with Crippen molar-refractivity contribution in [3.63, 3.8) is 0 Å². The molecule has 0 saturated heterocycles. The lowest BCUT2D eigenvalue weighted by molar-refractivity contribution is -0.121. The molecule has 3 N–H and O–H groups in total. The second-order valence-electron chi connectivity index (χ2n) is 4.23. The first-order valence-electron chi connectivity index (χ1n) is 5.76. The number of thiazole rings is 1. The van der Waals surface area contributed by atoms with E-state index in [0.717, 1.165) is 10.7 Å². The van der Waals surface area contributed by atoms with Crippen molar-refractivity contribution < 1.29 is 4.79 Å². The van der Waals surface area contributed by atoms with Crippen LogP contribution in [0, 0.1) is 6.92 Å². The first-order valence-corrected chi connectivity index (χ1v) is 6.64. The summed E-state index contributed by atoms with van der Waals surface area (Å²) < 4.78 is 1.24. The molecule has 0 bridgehead atoms. The molecule has 1 amide bonds. The molecule has 1 atom stereocenters. The van der Waals surface area contributed by atoms with Gasteiger partial charge in [-0.2, -0.15) is 0 Å². The van der Waals surface area contributed by atoms with E-state index in [1.807, 2.05) is 19.2 Å². The van der Waals surface area contributed by atoms with Crippen LogP contribution in [-0.4, -0.2) is 37.6 Å². The van der Waals surface area contributed by atoms with Gasteiger partial charge in [0.25, 0.3) is 0 Å². The van der Waals surface area contributed by atoms with Crippen molar-refractivity contribution in [2.24, 2.45) is 0 Å². The maximum atomic E-state index is 11.7. The molecule has 2 heterocycles. The molecule has 0 radical (unpaired) electrons. The molecule has 2 aromatic heterocycles. The Morgan fingerprint density at radius 2 is 2.42 bits per heavy atom. The highest BCUT2D eigenvalue weighted by Gasteiger charge is 2.12. The summed E-state index contributed by atoms with van der Waals surface area (Å²) in [7, 11) is 0. The number of carbonyl (C=O) groups is 1. The third-order valence-corrected chi connectivity index (χ3v) is 3.71. The summed E-state index contributed by atoms with van der Waals surface area (Å²) in [4.78, 5) is 16.1. The minimum atomic E-state index is -0.181. The van der Waals surface area contributed by atoms with Gasteiger partial charge in [0.2, 0.25) is 11.9 Å². The molecule has 0 saturated carbocycles. The Bertz CT molecular complexity index is 564. The average Bonchev–Trinajstić information content (AvgIpc) is 2.96. The maximum absolute atomic E-state index is 11.7. The van der Waals surface area contributed by atoms with Crippen molar-refractivity contribution >= 4 is 23.2 Å². The predicted octanol–water partition coefficient (Wildman–Crippen LogP) is -0.0599. The summed E-state index contributed by atoms with van der Waals surface area (Å²) in [5, 5.41) is 16.3. The number of anilines is 1. The fraction of sp³-hybridized carbons (Fsp3) is 0.500. The van der Waals surface area contributed by atoms with Crippen LogP contribution in [0.1, 0.15) is 23.5 Å². The number of aromatic nitrogens is 5. The number of amides is 1. The van der Waals surface area contributed by atoms with Gasteiger partial charge in [-0.15, -0.1) is 11.3 Å². The standard InChI is InChI=1S/C10H15N7OS/c1-6(9-13-7(2)5-19-9)3-12-8(18)4-17-10(11)14-15-16-17/h5-6H,3-4H2,1-2H3,(H,12,18)(H2,11,14,16). The van der Waals surface area contributed by atoms with Crippen LogP contribution in [0.5, 0.6) is 0 Å². The van der Waals surface area contributed by atoms with Crippen LogP contribution in [0.15, 0.2) is 5.38 Å². The molecule has 0 aromatic carbocycles. The molecule has 102 valence electrons. The summed E-state index contributed by atoms with van der Waals surface area (Å²) in [5.74, 6) is 0.117. The number of aryl methyl sites for hydroxylation is 1. The van der Waals surface area contributed by atoms with Crippen LogP contribution in [-0.2, 0) is 11.3 Å². The van der Waals surface area contributed by atoms with E-state index in [9.17, 15) is 4.79 Å². The van der Waals surface area contributed by atoms with E-state index in [4.69, 9.17) is 5.73 Å². The number of rotatable bonds is 5. The zero-order chi connectivity index (χ0) is 13.8. The zero-order valence-corrected chi connectivity index (χ0v) is 11.5. The molecule has 0 fully saturated rings. The van der Waals surface area contributed by atoms with Crippen LogP contribution in [0.3, 0.4) is 0 Å². The molecule has 2 rings (SSSR count). The summed E-state index contributed by atoms with van der Waals surface area (Å²) in [6.45, 7) is 4.51. The number of nitrogens with one attached hydrogen (secondary N) is 1. The summed E-state index contributed by atoms with van der Waals surface area (Å²) in [6.07, 6.45) is 0. The normalized spacial score (nSPS) is 12.3. The fourth-order valence-electron chi connectivity index (χ4n) is 1.47. The lowest BCUT2D eigenvalue weighted by atomic mass is 10.2. The number of nitrogens with two attached hydrogens (primary N) is 1. The fourth-order valence-corrected chi connectivity index (χ4v) is 2.33. The van der Waals surface area contributed by atoms with E-state index < -0.39 is 0 Å². The number of carbonyl (C=O) groups excluding carboxylic acids is 1. The number of nitrogens with zero attached hydrogens (tertiary/aromatic N) is 5. The second kappa shape index (κ2) is 5.74. The Hall–Kier alpha value is -2.03. The molecule has 2 aromatic rings. The van der Waals surface area contributed by atoms with Gasteiger partial charge in [-0.1, -0.05) is 12.0 Å². The highest BCUT2D eigenvalue weighted by Crippen LogP contribution is 2.18. The van der Waals surface area contributed by atoms with Crippen LogP contribution in [0.4, 0.5) is 5.95 Å². The summed E-state index contributed by atoms with van der Waals surface area (Å²) in [6, 6.07) is 0.